The maximum absolute atomic E-state index is 12.4. The second-order valence-electron chi connectivity index (χ2n) is 6.95. The summed E-state index contributed by atoms with van der Waals surface area (Å²) in [7, 11) is 3.13. The molecule has 28 heavy (non-hydrogen) atoms. The van der Waals surface area contributed by atoms with Crippen molar-refractivity contribution >= 4 is 22.4 Å². The third-order valence-corrected chi connectivity index (χ3v) is 4.74. The van der Waals surface area contributed by atoms with Crippen molar-refractivity contribution in [1.29, 1.82) is 0 Å². The van der Waals surface area contributed by atoms with Crippen LogP contribution in [0.1, 0.15) is 37.0 Å². The molecule has 2 aromatic heterocycles. The minimum atomic E-state index is -0.347. The van der Waals surface area contributed by atoms with Gasteiger partial charge in [0.1, 0.15) is 5.82 Å². The summed E-state index contributed by atoms with van der Waals surface area (Å²) >= 11 is 1.23. The Morgan fingerprint density at radius 2 is 1.79 bits per heavy atom. The summed E-state index contributed by atoms with van der Waals surface area (Å²) in [4.78, 5) is 21.0. The van der Waals surface area contributed by atoms with E-state index in [1.54, 1.807) is 20.3 Å². The molecule has 0 fully saturated rings. The Hall–Kier alpha value is -3.07. The normalized spacial score (nSPS) is 11.2. The number of hydrogen-bond acceptors (Lipinski definition) is 8. The highest BCUT2D eigenvalue weighted by Gasteiger charge is 2.19. The third-order valence-electron chi connectivity index (χ3n) is 3.86. The largest absolute Gasteiger partial charge is 0.493 e. The van der Waals surface area contributed by atoms with Crippen LogP contribution >= 0.6 is 11.3 Å². The number of aromatic nitrogens is 4. The summed E-state index contributed by atoms with van der Waals surface area (Å²) < 4.78 is 10.7. The van der Waals surface area contributed by atoms with Gasteiger partial charge in [-0.1, -0.05) is 38.2 Å². The summed E-state index contributed by atoms with van der Waals surface area (Å²) in [5.41, 5.74) is 0.903. The van der Waals surface area contributed by atoms with Crippen LogP contribution in [0.25, 0.3) is 10.6 Å². The second-order valence-corrected chi connectivity index (χ2v) is 7.93. The fourth-order valence-corrected chi connectivity index (χ4v) is 3.20. The number of methoxy groups -OCH3 is 2. The zero-order chi connectivity index (χ0) is 20.3. The van der Waals surface area contributed by atoms with E-state index >= 15 is 0 Å². The number of para-hydroxylation sites is 1. The van der Waals surface area contributed by atoms with Gasteiger partial charge in [0.05, 0.1) is 25.3 Å². The minimum absolute atomic E-state index is 0.182. The lowest BCUT2D eigenvalue weighted by Gasteiger charge is -2.15. The third kappa shape index (κ3) is 4.09. The van der Waals surface area contributed by atoms with Crippen molar-refractivity contribution in [3.8, 4) is 22.1 Å². The Kier molecular flexibility index (Phi) is 5.55. The summed E-state index contributed by atoms with van der Waals surface area (Å²) in [6.45, 7) is 6.03. The van der Waals surface area contributed by atoms with Crippen LogP contribution in [0.4, 0.5) is 5.13 Å². The Labute approximate surface area is 167 Å². The SMILES string of the molecule is COc1cccc(-c2nnc(NC(=O)c3cnc(C(C)(C)C)nc3)s2)c1OC. The predicted molar refractivity (Wildman–Crippen MR) is 107 cm³/mol. The molecule has 0 aliphatic rings. The summed E-state index contributed by atoms with van der Waals surface area (Å²) in [6, 6.07) is 5.49. The number of rotatable bonds is 5. The molecular weight excluding hydrogens is 378 g/mol. The molecule has 0 saturated heterocycles. The predicted octanol–water partition coefficient (Wildman–Crippen LogP) is 3.56. The number of anilines is 1. The van der Waals surface area contributed by atoms with Gasteiger partial charge in [0.15, 0.2) is 16.5 Å². The molecule has 2 heterocycles. The molecule has 0 bridgehead atoms. The van der Waals surface area contributed by atoms with Crippen LogP contribution < -0.4 is 14.8 Å². The number of nitrogens with one attached hydrogen (secondary N) is 1. The minimum Gasteiger partial charge on any atom is -0.493 e. The molecule has 0 aliphatic heterocycles. The molecule has 8 nitrogen and oxygen atoms in total. The number of hydrogen-bond donors (Lipinski definition) is 1. The van der Waals surface area contributed by atoms with Gasteiger partial charge < -0.3 is 9.47 Å². The van der Waals surface area contributed by atoms with E-state index in [1.165, 1.54) is 23.7 Å². The second kappa shape index (κ2) is 7.89. The Bertz CT molecular complexity index is 980. The van der Waals surface area contributed by atoms with Gasteiger partial charge in [-0.25, -0.2) is 9.97 Å². The first-order chi connectivity index (χ1) is 13.3. The molecule has 0 unspecified atom stereocenters. The Morgan fingerprint density at radius 1 is 1.07 bits per heavy atom. The average Bonchev–Trinajstić information content (AvgIpc) is 3.14. The first-order valence-corrected chi connectivity index (χ1v) is 9.34. The van der Waals surface area contributed by atoms with E-state index < -0.39 is 0 Å². The van der Waals surface area contributed by atoms with Crippen molar-refractivity contribution in [3.05, 3.63) is 42.0 Å². The molecule has 1 amide bonds. The molecule has 0 radical (unpaired) electrons. The Balaban J connectivity index is 1.79. The smallest absolute Gasteiger partial charge is 0.260 e. The molecule has 3 aromatic rings. The molecule has 1 N–H and O–H groups in total. The maximum Gasteiger partial charge on any atom is 0.260 e. The van der Waals surface area contributed by atoms with E-state index in [0.717, 1.165) is 5.56 Å². The molecule has 146 valence electrons. The average molecular weight is 399 g/mol. The molecule has 1 aromatic carbocycles. The first-order valence-electron chi connectivity index (χ1n) is 8.52. The topological polar surface area (TPSA) is 99.1 Å². The zero-order valence-electron chi connectivity index (χ0n) is 16.3. The highest BCUT2D eigenvalue weighted by molar-refractivity contribution is 7.18. The number of carbonyl (C=O) groups is 1. The number of carbonyl (C=O) groups excluding carboxylic acids is 1. The monoisotopic (exact) mass is 399 g/mol. The van der Waals surface area contributed by atoms with Crippen molar-refractivity contribution in [3.63, 3.8) is 0 Å². The molecule has 9 heteroatoms. The molecule has 0 saturated carbocycles. The lowest BCUT2D eigenvalue weighted by Crippen LogP contribution is -2.18. The van der Waals surface area contributed by atoms with Gasteiger partial charge in [0.25, 0.3) is 5.91 Å². The standard InChI is InChI=1S/C19H21N5O3S/c1-19(2,3)17-20-9-11(10-21-17)15(25)22-18-24-23-16(28-18)12-7-6-8-13(26-4)14(12)27-5/h6-10H,1-5H3,(H,22,24,25). The van der Waals surface area contributed by atoms with E-state index in [2.05, 4.69) is 25.5 Å². The van der Waals surface area contributed by atoms with Gasteiger partial charge >= 0.3 is 0 Å². The number of nitrogens with zero attached hydrogens (tertiary/aromatic N) is 4. The molecule has 0 spiro atoms. The first kappa shape index (κ1) is 19.7. The van der Waals surface area contributed by atoms with Crippen molar-refractivity contribution in [1.82, 2.24) is 20.2 Å². The van der Waals surface area contributed by atoms with E-state index in [-0.39, 0.29) is 11.3 Å². The van der Waals surface area contributed by atoms with Crippen LogP contribution in [0.3, 0.4) is 0 Å². The van der Waals surface area contributed by atoms with Gasteiger partial charge in [0.2, 0.25) is 5.13 Å². The van der Waals surface area contributed by atoms with Crippen molar-refractivity contribution < 1.29 is 14.3 Å². The van der Waals surface area contributed by atoms with Crippen LogP contribution in [-0.2, 0) is 5.41 Å². The van der Waals surface area contributed by atoms with E-state index in [9.17, 15) is 4.79 Å². The fourth-order valence-electron chi connectivity index (χ4n) is 2.44. The highest BCUT2D eigenvalue weighted by atomic mass is 32.1. The van der Waals surface area contributed by atoms with Crippen LogP contribution in [0, 0.1) is 0 Å². The molecule has 0 aliphatic carbocycles. The van der Waals surface area contributed by atoms with E-state index in [0.29, 0.717) is 33.0 Å². The molecule has 3 rings (SSSR count). The highest BCUT2D eigenvalue weighted by Crippen LogP contribution is 2.39. The molecular formula is C19H21N5O3S. The summed E-state index contributed by atoms with van der Waals surface area (Å²) in [6.07, 6.45) is 3.02. The quantitative estimate of drug-likeness (QED) is 0.700. The number of ether oxygens (including phenoxy) is 2. The lowest BCUT2D eigenvalue weighted by atomic mass is 9.96. The summed E-state index contributed by atoms with van der Waals surface area (Å²) in [5, 5.41) is 11.9. The van der Waals surface area contributed by atoms with Gasteiger partial charge in [-0.05, 0) is 12.1 Å². The maximum atomic E-state index is 12.4. The van der Waals surface area contributed by atoms with Gasteiger partial charge in [-0.3, -0.25) is 10.1 Å². The molecule has 0 atom stereocenters. The Morgan fingerprint density at radius 3 is 2.39 bits per heavy atom. The van der Waals surface area contributed by atoms with E-state index in [1.807, 2.05) is 32.9 Å². The summed E-state index contributed by atoms with van der Waals surface area (Å²) in [5.74, 6) is 1.48. The number of amides is 1. The van der Waals surface area contributed by atoms with Crippen LogP contribution in [0.5, 0.6) is 11.5 Å². The van der Waals surface area contributed by atoms with Crippen molar-refractivity contribution in [2.75, 3.05) is 19.5 Å². The van der Waals surface area contributed by atoms with Gasteiger partial charge in [-0.15, -0.1) is 10.2 Å². The van der Waals surface area contributed by atoms with Crippen LogP contribution in [-0.4, -0.2) is 40.3 Å². The lowest BCUT2D eigenvalue weighted by molar-refractivity contribution is 0.102. The fraction of sp³-hybridized carbons (Fsp3) is 0.316. The van der Waals surface area contributed by atoms with E-state index in [4.69, 9.17) is 9.47 Å². The van der Waals surface area contributed by atoms with Crippen molar-refractivity contribution in [2.24, 2.45) is 0 Å². The van der Waals surface area contributed by atoms with Crippen LogP contribution in [0.15, 0.2) is 30.6 Å². The van der Waals surface area contributed by atoms with Crippen molar-refractivity contribution in [2.45, 2.75) is 26.2 Å². The van der Waals surface area contributed by atoms with Crippen LogP contribution in [0.2, 0.25) is 0 Å². The number of benzene rings is 1. The van der Waals surface area contributed by atoms with Gasteiger partial charge in [0, 0.05) is 17.8 Å². The van der Waals surface area contributed by atoms with Gasteiger partial charge in [-0.2, -0.15) is 0 Å². The zero-order valence-corrected chi connectivity index (χ0v) is 17.1.